The van der Waals surface area contributed by atoms with Gasteiger partial charge in [-0.1, -0.05) is 30.3 Å². The Morgan fingerprint density at radius 3 is 2.43 bits per heavy atom. The van der Waals surface area contributed by atoms with Gasteiger partial charge in [-0.15, -0.1) is 12.4 Å². The maximum atomic E-state index is 12.7. The summed E-state index contributed by atoms with van der Waals surface area (Å²) in [5.74, 6) is 0.399. The summed E-state index contributed by atoms with van der Waals surface area (Å²) in [6, 6.07) is 10.9. The summed E-state index contributed by atoms with van der Waals surface area (Å²) in [5.41, 5.74) is 0.0650. The highest BCUT2D eigenvalue weighted by atomic mass is 35.5. The lowest BCUT2D eigenvalue weighted by Gasteiger charge is -2.32. The zero-order chi connectivity index (χ0) is 19.2. The second-order valence-electron chi connectivity index (χ2n) is 7.02. The monoisotopic (exact) mass is 406 g/mol. The highest BCUT2D eigenvalue weighted by molar-refractivity contribution is 5.85. The van der Waals surface area contributed by atoms with Crippen LogP contribution in [0, 0.1) is 5.92 Å². The van der Waals surface area contributed by atoms with E-state index in [1.807, 2.05) is 37.4 Å². The number of likely N-dealkylation sites (tertiary alicyclic amines) is 1. The molecule has 152 valence electrons. The van der Waals surface area contributed by atoms with E-state index in [2.05, 4.69) is 5.32 Å². The summed E-state index contributed by atoms with van der Waals surface area (Å²) >= 11 is 0. The van der Waals surface area contributed by atoms with Crippen molar-refractivity contribution in [1.29, 1.82) is 0 Å². The number of nitrogens with one attached hydrogen (secondary N) is 1. The molecule has 1 fully saturated rings. The quantitative estimate of drug-likeness (QED) is 0.774. The molecule has 7 nitrogen and oxygen atoms in total. The van der Waals surface area contributed by atoms with Crippen molar-refractivity contribution >= 4 is 18.3 Å². The van der Waals surface area contributed by atoms with E-state index in [4.69, 9.17) is 0 Å². The predicted molar refractivity (Wildman–Crippen MR) is 111 cm³/mol. The number of aromatic nitrogens is 2. The molecule has 0 radical (unpaired) electrons. The largest absolute Gasteiger partial charge is 0.341 e. The van der Waals surface area contributed by atoms with Crippen LogP contribution in [-0.2, 0) is 17.9 Å². The van der Waals surface area contributed by atoms with E-state index >= 15 is 0 Å². The number of amides is 1. The molecule has 0 unspecified atom stereocenters. The van der Waals surface area contributed by atoms with Gasteiger partial charge >= 0.3 is 5.69 Å². The SMILES string of the molecule is CNCC1CCN(C(=O)Cn2c(=O)ccn(Cc3ccccc3)c2=O)CC1.Cl. The highest BCUT2D eigenvalue weighted by Gasteiger charge is 2.23. The van der Waals surface area contributed by atoms with E-state index in [-0.39, 0.29) is 24.9 Å². The fraction of sp³-hybridized carbons (Fsp3) is 0.450. The normalized spacial score (nSPS) is 14.5. The van der Waals surface area contributed by atoms with E-state index in [1.165, 1.54) is 16.8 Å². The standard InChI is InChI=1S/C20H26N4O3.ClH/c1-21-13-16-7-10-22(11-8-16)19(26)15-24-18(25)9-12-23(20(24)27)14-17-5-3-2-4-6-17;/h2-6,9,12,16,21H,7-8,10-11,13-15H2,1H3;1H. The minimum absolute atomic E-state index is 0. The van der Waals surface area contributed by atoms with Crippen molar-refractivity contribution in [2.45, 2.75) is 25.9 Å². The van der Waals surface area contributed by atoms with Gasteiger partial charge in [-0.25, -0.2) is 4.79 Å². The van der Waals surface area contributed by atoms with Crippen molar-refractivity contribution in [3.05, 3.63) is 69.0 Å². The number of carbonyl (C=O) groups is 1. The lowest BCUT2D eigenvalue weighted by molar-refractivity contribution is -0.133. The van der Waals surface area contributed by atoms with Gasteiger partial charge in [0.25, 0.3) is 5.56 Å². The van der Waals surface area contributed by atoms with Gasteiger partial charge in [0.1, 0.15) is 6.54 Å². The van der Waals surface area contributed by atoms with Crippen molar-refractivity contribution in [2.75, 3.05) is 26.7 Å². The Kier molecular flexibility index (Phi) is 8.02. The predicted octanol–water partition coefficient (Wildman–Crippen LogP) is 0.938. The number of piperidine rings is 1. The van der Waals surface area contributed by atoms with Crippen LogP contribution < -0.4 is 16.6 Å². The Morgan fingerprint density at radius 1 is 1.11 bits per heavy atom. The minimum Gasteiger partial charge on any atom is -0.341 e. The minimum atomic E-state index is -0.454. The summed E-state index contributed by atoms with van der Waals surface area (Å²) < 4.78 is 2.49. The molecule has 0 bridgehead atoms. The van der Waals surface area contributed by atoms with Crippen molar-refractivity contribution in [3.63, 3.8) is 0 Å². The summed E-state index contributed by atoms with van der Waals surface area (Å²) in [6.45, 7) is 2.45. The summed E-state index contributed by atoms with van der Waals surface area (Å²) in [4.78, 5) is 39.2. The molecule has 1 amide bonds. The first-order valence-electron chi connectivity index (χ1n) is 9.35. The molecular formula is C20H27ClN4O3. The Balaban J connectivity index is 0.00000280. The van der Waals surface area contributed by atoms with E-state index in [9.17, 15) is 14.4 Å². The zero-order valence-electron chi connectivity index (χ0n) is 16.0. The van der Waals surface area contributed by atoms with Crippen LogP contribution in [0.1, 0.15) is 18.4 Å². The van der Waals surface area contributed by atoms with Gasteiger partial charge in [0.15, 0.2) is 0 Å². The molecule has 28 heavy (non-hydrogen) atoms. The third kappa shape index (κ3) is 5.33. The fourth-order valence-electron chi connectivity index (χ4n) is 3.51. The lowest BCUT2D eigenvalue weighted by Crippen LogP contribution is -2.46. The maximum absolute atomic E-state index is 12.7. The molecule has 3 rings (SSSR count). The van der Waals surface area contributed by atoms with Gasteiger partial charge in [-0.3, -0.25) is 18.7 Å². The van der Waals surface area contributed by atoms with Crippen LogP contribution in [0.2, 0.25) is 0 Å². The average molecular weight is 407 g/mol. The zero-order valence-corrected chi connectivity index (χ0v) is 16.9. The molecule has 0 spiro atoms. The number of carbonyl (C=O) groups excluding carboxylic acids is 1. The van der Waals surface area contributed by atoms with Crippen molar-refractivity contribution in [1.82, 2.24) is 19.4 Å². The molecule has 8 heteroatoms. The van der Waals surface area contributed by atoms with Gasteiger partial charge in [-0.2, -0.15) is 0 Å². The molecule has 2 aromatic rings. The topological polar surface area (TPSA) is 76.3 Å². The van der Waals surface area contributed by atoms with Gasteiger partial charge in [0.2, 0.25) is 5.91 Å². The summed E-state index contributed by atoms with van der Waals surface area (Å²) in [6.07, 6.45) is 3.37. The van der Waals surface area contributed by atoms with E-state index in [0.29, 0.717) is 25.6 Å². The van der Waals surface area contributed by atoms with E-state index in [1.54, 1.807) is 4.90 Å². The number of hydrogen-bond donors (Lipinski definition) is 1. The second kappa shape index (κ2) is 10.2. The second-order valence-corrected chi connectivity index (χ2v) is 7.02. The molecule has 1 aromatic carbocycles. The molecule has 2 heterocycles. The highest BCUT2D eigenvalue weighted by Crippen LogP contribution is 2.16. The number of benzene rings is 1. The molecule has 0 aliphatic carbocycles. The van der Waals surface area contributed by atoms with Crippen molar-refractivity contribution in [2.24, 2.45) is 5.92 Å². The van der Waals surface area contributed by atoms with Gasteiger partial charge in [0, 0.05) is 25.4 Å². The van der Waals surface area contributed by atoms with Crippen molar-refractivity contribution < 1.29 is 4.79 Å². The van der Waals surface area contributed by atoms with Crippen LogP contribution in [0.3, 0.4) is 0 Å². The van der Waals surface area contributed by atoms with Crippen LogP contribution in [0.25, 0.3) is 0 Å². The molecular weight excluding hydrogens is 380 g/mol. The number of halogens is 1. The van der Waals surface area contributed by atoms with Crippen LogP contribution in [0.15, 0.2) is 52.2 Å². The first-order chi connectivity index (χ1) is 13.1. The molecule has 1 aliphatic heterocycles. The number of hydrogen-bond acceptors (Lipinski definition) is 4. The third-order valence-electron chi connectivity index (χ3n) is 5.09. The average Bonchev–Trinajstić information content (AvgIpc) is 2.69. The number of rotatable bonds is 6. The third-order valence-corrected chi connectivity index (χ3v) is 5.09. The Hall–Kier alpha value is -2.38. The molecule has 0 atom stereocenters. The molecule has 1 N–H and O–H groups in total. The first-order valence-corrected chi connectivity index (χ1v) is 9.35. The van der Waals surface area contributed by atoms with Gasteiger partial charge in [0.05, 0.1) is 6.54 Å². The fourth-order valence-corrected chi connectivity index (χ4v) is 3.51. The van der Waals surface area contributed by atoms with Crippen LogP contribution in [-0.4, -0.2) is 46.6 Å². The van der Waals surface area contributed by atoms with Crippen molar-refractivity contribution in [3.8, 4) is 0 Å². The Labute approximate surface area is 170 Å². The first kappa shape index (κ1) is 21.9. The molecule has 1 aliphatic rings. The molecule has 1 saturated heterocycles. The smallest absolute Gasteiger partial charge is 0.331 e. The lowest BCUT2D eigenvalue weighted by atomic mass is 9.97. The van der Waals surface area contributed by atoms with Crippen LogP contribution in [0.4, 0.5) is 0 Å². The van der Waals surface area contributed by atoms with E-state index < -0.39 is 11.2 Å². The van der Waals surface area contributed by atoms with E-state index in [0.717, 1.165) is 29.5 Å². The summed E-state index contributed by atoms with van der Waals surface area (Å²) in [7, 11) is 1.93. The number of nitrogens with zero attached hydrogens (tertiary/aromatic N) is 3. The van der Waals surface area contributed by atoms with Crippen LogP contribution >= 0.6 is 12.4 Å². The summed E-state index contributed by atoms with van der Waals surface area (Å²) in [5, 5.41) is 3.17. The molecule has 0 saturated carbocycles. The van der Waals surface area contributed by atoms with Gasteiger partial charge in [-0.05, 0) is 37.9 Å². The Bertz CT molecular complexity index is 886. The Morgan fingerprint density at radius 2 is 1.79 bits per heavy atom. The van der Waals surface area contributed by atoms with Gasteiger partial charge < -0.3 is 10.2 Å². The maximum Gasteiger partial charge on any atom is 0.331 e. The van der Waals surface area contributed by atoms with Crippen LogP contribution in [0.5, 0.6) is 0 Å². The molecule has 1 aromatic heterocycles.